The first-order valence-electron chi connectivity index (χ1n) is 8.66. The molecule has 1 unspecified atom stereocenters. The first-order chi connectivity index (χ1) is 13.5. The minimum absolute atomic E-state index is 0.144. The average molecular weight is 448 g/mol. The average Bonchev–Trinajstić information content (AvgIpc) is 2.75. The van der Waals surface area contributed by atoms with E-state index in [0.717, 1.165) is 11.1 Å². The van der Waals surface area contributed by atoms with Crippen LogP contribution in [0.1, 0.15) is 22.4 Å². The molecular formula is C21H22BrNO5. The number of hydrogen-bond donors (Lipinski definition) is 0. The number of rotatable bonds is 8. The minimum atomic E-state index is -1.10. The highest BCUT2D eigenvalue weighted by Gasteiger charge is 2.36. The number of halogens is 1. The summed E-state index contributed by atoms with van der Waals surface area (Å²) in [6, 6.07) is 17.3. The molecule has 0 heterocycles. The number of benzene rings is 2. The normalized spacial score (nSPS) is 12.5. The Morgan fingerprint density at radius 2 is 1.50 bits per heavy atom. The van der Waals surface area contributed by atoms with Crippen LogP contribution in [0.4, 0.5) is 0 Å². The fraction of sp³-hybridized carbons (Fsp3) is 0.286. The number of nitrogens with zero attached hydrogens (tertiary/aromatic N) is 1. The third kappa shape index (κ3) is 5.66. The van der Waals surface area contributed by atoms with Gasteiger partial charge in [0, 0.05) is 6.54 Å². The van der Waals surface area contributed by atoms with Crippen molar-refractivity contribution in [1.82, 2.24) is 4.90 Å². The van der Waals surface area contributed by atoms with Crippen molar-refractivity contribution in [2.45, 2.75) is 23.8 Å². The Balaban J connectivity index is 2.39. The lowest BCUT2D eigenvalue weighted by atomic mass is 10.1. The van der Waals surface area contributed by atoms with Crippen molar-refractivity contribution in [1.29, 1.82) is 0 Å². The van der Waals surface area contributed by atoms with E-state index in [2.05, 4.69) is 15.9 Å². The second-order valence-electron chi connectivity index (χ2n) is 6.04. The molecule has 2 atom stereocenters. The summed E-state index contributed by atoms with van der Waals surface area (Å²) in [5.74, 6) is -1.64. The predicted molar refractivity (Wildman–Crippen MR) is 108 cm³/mol. The summed E-state index contributed by atoms with van der Waals surface area (Å²) >= 11 is 3.43. The summed E-state index contributed by atoms with van der Waals surface area (Å²) in [5.41, 5.74) is 1.56. The molecule has 0 aliphatic heterocycles. The molecule has 148 valence electrons. The van der Waals surface area contributed by atoms with Gasteiger partial charge in [0.25, 0.3) is 0 Å². The van der Waals surface area contributed by atoms with Crippen LogP contribution < -0.4 is 0 Å². The molecule has 0 spiro atoms. The quantitative estimate of drug-likeness (QED) is 0.458. The zero-order valence-electron chi connectivity index (χ0n) is 15.7. The third-order valence-electron chi connectivity index (χ3n) is 4.23. The highest BCUT2D eigenvalue weighted by Crippen LogP contribution is 2.28. The highest BCUT2D eigenvalue weighted by atomic mass is 79.9. The smallest absolute Gasteiger partial charge is 0.329 e. The maximum atomic E-state index is 13.3. The molecule has 1 amide bonds. The van der Waals surface area contributed by atoms with E-state index in [9.17, 15) is 14.4 Å². The zero-order valence-corrected chi connectivity index (χ0v) is 17.3. The standard InChI is InChI=1S/C21H22BrNO5/c1-27-18(24)13-17(21(26)28-2)23(14-15-9-5-3-6-10-15)20(25)19(22)16-11-7-4-8-12-16/h3-12,17,19H,13-14H2,1-2H3/t17-,19?/m0/s1. The van der Waals surface area contributed by atoms with Crippen molar-refractivity contribution in [3.63, 3.8) is 0 Å². The van der Waals surface area contributed by atoms with Crippen LogP contribution in [-0.2, 0) is 30.4 Å². The first-order valence-corrected chi connectivity index (χ1v) is 9.57. The first kappa shape index (κ1) is 21.6. The third-order valence-corrected chi connectivity index (χ3v) is 5.15. The maximum absolute atomic E-state index is 13.3. The van der Waals surface area contributed by atoms with Crippen molar-refractivity contribution >= 4 is 33.8 Å². The SMILES string of the molecule is COC(=O)C[C@@H](C(=O)OC)N(Cc1ccccc1)C(=O)C(Br)c1ccccc1. The molecule has 2 aromatic carbocycles. The summed E-state index contributed by atoms with van der Waals surface area (Å²) in [7, 11) is 2.46. The van der Waals surface area contributed by atoms with Gasteiger partial charge in [-0.1, -0.05) is 76.6 Å². The number of carbonyl (C=O) groups excluding carboxylic acids is 3. The molecular weight excluding hydrogens is 426 g/mol. The monoisotopic (exact) mass is 447 g/mol. The second-order valence-corrected chi connectivity index (χ2v) is 6.96. The summed E-state index contributed by atoms with van der Waals surface area (Å²) in [5, 5.41) is 0. The Morgan fingerprint density at radius 1 is 0.929 bits per heavy atom. The van der Waals surface area contributed by atoms with Crippen molar-refractivity contribution < 1.29 is 23.9 Å². The van der Waals surface area contributed by atoms with E-state index in [1.807, 2.05) is 60.7 Å². The van der Waals surface area contributed by atoms with Gasteiger partial charge in [-0.05, 0) is 11.1 Å². The Hall–Kier alpha value is -2.67. The molecule has 0 aromatic heterocycles. The number of methoxy groups -OCH3 is 2. The van der Waals surface area contributed by atoms with Crippen molar-refractivity contribution in [3.05, 3.63) is 71.8 Å². The molecule has 6 nitrogen and oxygen atoms in total. The summed E-state index contributed by atoms with van der Waals surface area (Å²) in [6.45, 7) is 0.144. The molecule has 0 aliphatic carbocycles. The number of esters is 2. The molecule has 0 radical (unpaired) electrons. The summed E-state index contributed by atoms with van der Waals surface area (Å²) < 4.78 is 9.56. The van der Waals surface area contributed by atoms with Gasteiger partial charge in [-0.2, -0.15) is 0 Å². The Kier molecular flexibility index (Phi) is 8.19. The Labute approximate surface area is 172 Å². The molecule has 28 heavy (non-hydrogen) atoms. The van der Waals surface area contributed by atoms with E-state index >= 15 is 0 Å². The van der Waals surface area contributed by atoms with Gasteiger partial charge < -0.3 is 14.4 Å². The molecule has 0 saturated heterocycles. The van der Waals surface area contributed by atoms with E-state index in [1.165, 1.54) is 19.1 Å². The van der Waals surface area contributed by atoms with E-state index in [-0.39, 0.29) is 18.9 Å². The van der Waals surface area contributed by atoms with Gasteiger partial charge in [-0.3, -0.25) is 9.59 Å². The van der Waals surface area contributed by atoms with Gasteiger partial charge in [-0.15, -0.1) is 0 Å². The molecule has 2 rings (SSSR count). The van der Waals surface area contributed by atoms with Crippen LogP contribution in [0.2, 0.25) is 0 Å². The minimum Gasteiger partial charge on any atom is -0.469 e. The van der Waals surface area contributed by atoms with Crippen molar-refractivity contribution in [2.75, 3.05) is 14.2 Å². The Bertz CT molecular complexity index is 797. The van der Waals surface area contributed by atoms with E-state index in [1.54, 1.807) is 0 Å². The lowest BCUT2D eigenvalue weighted by molar-refractivity contribution is -0.158. The maximum Gasteiger partial charge on any atom is 0.329 e. The second kappa shape index (κ2) is 10.6. The van der Waals surface area contributed by atoms with Crippen molar-refractivity contribution in [3.8, 4) is 0 Å². The fourth-order valence-electron chi connectivity index (χ4n) is 2.73. The van der Waals surface area contributed by atoms with Crippen LogP contribution in [0.3, 0.4) is 0 Å². The molecule has 0 bridgehead atoms. The fourth-order valence-corrected chi connectivity index (χ4v) is 3.30. The molecule has 0 N–H and O–H groups in total. The van der Waals surface area contributed by atoms with Crippen LogP contribution in [0, 0.1) is 0 Å². The Morgan fingerprint density at radius 3 is 2.04 bits per heavy atom. The largest absolute Gasteiger partial charge is 0.469 e. The molecule has 0 saturated carbocycles. The van der Waals surface area contributed by atoms with Crippen LogP contribution in [-0.4, -0.2) is 43.0 Å². The van der Waals surface area contributed by atoms with E-state index < -0.39 is 22.8 Å². The molecule has 0 aliphatic rings. The number of hydrogen-bond acceptors (Lipinski definition) is 5. The number of carbonyl (C=O) groups is 3. The molecule has 2 aromatic rings. The van der Waals surface area contributed by atoms with Gasteiger partial charge >= 0.3 is 11.9 Å². The summed E-state index contributed by atoms with van der Waals surface area (Å²) in [6.07, 6.45) is -0.295. The van der Waals surface area contributed by atoms with Gasteiger partial charge in [0.1, 0.15) is 10.9 Å². The van der Waals surface area contributed by atoms with Crippen LogP contribution >= 0.6 is 15.9 Å². The molecule has 0 fully saturated rings. The van der Waals surface area contributed by atoms with Gasteiger partial charge in [-0.25, -0.2) is 4.79 Å². The molecule has 7 heteroatoms. The predicted octanol–water partition coefficient (Wildman–Crippen LogP) is 3.26. The van der Waals surface area contributed by atoms with Crippen LogP contribution in [0.15, 0.2) is 60.7 Å². The zero-order chi connectivity index (χ0) is 20.5. The van der Waals surface area contributed by atoms with Gasteiger partial charge in [0.15, 0.2) is 0 Å². The lowest BCUT2D eigenvalue weighted by Gasteiger charge is -2.31. The van der Waals surface area contributed by atoms with Gasteiger partial charge in [0.2, 0.25) is 5.91 Å². The van der Waals surface area contributed by atoms with Crippen molar-refractivity contribution in [2.24, 2.45) is 0 Å². The van der Waals surface area contributed by atoms with Crippen LogP contribution in [0.5, 0.6) is 0 Å². The highest BCUT2D eigenvalue weighted by molar-refractivity contribution is 9.09. The van der Waals surface area contributed by atoms with Crippen LogP contribution in [0.25, 0.3) is 0 Å². The number of alkyl halides is 1. The summed E-state index contributed by atoms with van der Waals surface area (Å²) in [4.78, 5) is 38.3. The lowest BCUT2D eigenvalue weighted by Crippen LogP contribution is -2.47. The topological polar surface area (TPSA) is 72.9 Å². The van der Waals surface area contributed by atoms with E-state index in [0.29, 0.717) is 0 Å². The number of ether oxygens (including phenoxy) is 2. The van der Waals surface area contributed by atoms with Gasteiger partial charge in [0.05, 0.1) is 20.6 Å². The number of amides is 1. The van der Waals surface area contributed by atoms with E-state index in [4.69, 9.17) is 9.47 Å².